The molecule has 4 unspecified atom stereocenters. The Bertz CT molecular complexity index is 998. The molecule has 0 amide bonds. The predicted octanol–water partition coefficient (Wildman–Crippen LogP) is 6.06. The molecule has 172 valence electrons. The van der Waals surface area contributed by atoms with Gasteiger partial charge in [0.2, 0.25) is 0 Å². The quantitative estimate of drug-likeness (QED) is 0.444. The summed E-state index contributed by atoms with van der Waals surface area (Å²) in [5.41, 5.74) is 4.01. The maximum absolute atomic E-state index is 5.80. The summed E-state index contributed by atoms with van der Waals surface area (Å²) in [4.78, 5) is 5.34. The van der Waals surface area contributed by atoms with Crippen LogP contribution in [0.25, 0.3) is 0 Å². The SMILES string of the molecule is CCC1CN2CCC1C(N(C)c1ccccc1OC)[C@H]2C(c1ccccc1)c1ccccc1. The molecule has 3 nitrogen and oxygen atoms in total. The number of methoxy groups -OCH3 is 1. The van der Waals surface area contributed by atoms with Gasteiger partial charge in [0.25, 0.3) is 0 Å². The molecule has 0 radical (unpaired) electrons. The van der Waals surface area contributed by atoms with Gasteiger partial charge in [-0.1, -0.05) is 86.1 Å². The highest BCUT2D eigenvalue weighted by Crippen LogP contribution is 2.48. The normalized spacial score (nSPS) is 26.4. The lowest BCUT2D eigenvalue weighted by Gasteiger charge is -2.59. The van der Waals surface area contributed by atoms with Gasteiger partial charge in [-0.2, -0.15) is 0 Å². The summed E-state index contributed by atoms with van der Waals surface area (Å²) in [5.74, 6) is 2.70. The molecule has 0 spiro atoms. The van der Waals surface area contributed by atoms with Crippen molar-refractivity contribution in [2.24, 2.45) is 11.8 Å². The molecule has 6 rings (SSSR count). The number of piperidine rings is 3. The van der Waals surface area contributed by atoms with E-state index in [1.165, 1.54) is 42.7 Å². The van der Waals surface area contributed by atoms with E-state index in [-0.39, 0.29) is 0 Å². The van der Waals surface area contributed by atoms with Gasteiger partial charge in [0.05, 0.1) is 12.8 Å². The predicted molar refractivity (Wildman–Crippen MR) is 137 cm³/mol. The second kappa shape index (κ2) is 9.61. The van der Waals surface area contributed by atoms with Crippen molar-refractivity contribution in [1.29, 1.82) is 0 Å². The highest BCUT2D eigenvalue weighted by Gasteiger charge is 2.51. The van der Waals surface area contributed by atoms with E-state index in [9.17, 15) is 0 Å². The summed E-state index contributed by atoms with van der Waals surface area (Å²) in [6.07, 6.45) is 2.51. The van der Waals surface area contributed by atoms with Gasteiger partial charge < -0.3 is 9.64 Å². The highest BCUT2D eigenvalue weighted by molar-refractivity contribution is 5.59. The molecule has 3 heterocycles. The summed E-state index contributed by atoms with van der Waals surface area (Å²) >= 11 is 0. The fraction of sp³-hybridized carbons (Fsp3) is 0.400. The number of nitrogens with zero attached hydrogens (tertiary/aromatic N) is 2. The van der Waals surface area contributed by atoms with Crippen molar-refractivity contribution in [3.8, 4) is 5.75 Å². The van der Waals surface area contributed by atoms with Crippen LogP contribution in [0.15, 0.2) is 84.9 Å². The molecular weight excluding hydrogens is 404 g/mol. The van der Waals surface area contributed by atoms with Crippen LogP contribution in [0, 0.1) is 11.8 Å². The molecule has 3 heteroatoms. The summed E-state index contributed by atoms with van der Waals surface area (Å²) in [6.45, 7) is 4.77. The Morgan fingerprint density at radius 2 is 1.52 bits per heavy atom. The number of para-hydroxylation sites is 2. The zero-order valence-corrected chi connectivity index (χ0v) is 20.1. The Morgan fingerprint density at radius 3 is 2.12 bits per heavy atom. The van der Waals surface area contributed by atoms with Crippen molar-refractivity contribution < 1.29 is 4.74 Å². The van der Waals surface area contributed by atoms with Crippen molar-refractivity contribution in [3.63, 3.8) is 0 Å². The minimum atomic E-state index is 0.329. The number of benzene rings is 3. The van der Waals surface area contributed by atoms with Gasteiger partial charge in [-0.25, -0.2) is 0 Å². The number of rotatable bonds is 7. The third-order valence-corrected chi connectivity index (χ3v) is 8.13. The summed E-state index contributed by atoms with van der Waals surface area (Å²) in [7, 11) is 4.07. The van der Waals surface area contributed by atoms with Crippen LogP contribution in [0.5, 0.6) is 5.75 Å². The first-order valence-corrected chi connectivity index (χ1v) is 12.4. The summed E-state index contributed by atoms with van der Waals surface area (Å²) in [5, 5.41) is 0. The fourth-order valence-corrected chi connectivity index (χ4v) is 6.61. The molecule has 5 atom stereocenters. The number of likely N-dealkylation sites (N-methyl/N-ethyl adjacent to an activating group) is 1. The lowest BCUT2D eigenvalue weighted by atomic mass is 9.65. The van der Waals surface area contributed by atoms with Gasteiger partial charge in [0.15, 0.2) is 0 Å². The molecule has 3 aliphatic rings. The van der Waals surface area contributed by atoms with E-state index in [2.05, 4.69) is 109 Å². The first kappa shape index (κ1) is 22.0. The number of anilines is 1. The molecule has 2 bridgehead atoms. The number of hydrogen-bond donors (Lipinski definition) is 0. The molecule has 3 aromatic carbocycles. The van der Waals surface area contributed by atoms with Crippen molar-refractivity contribution in [2.45, 2.75) is 37.8 Å². The minimum absolute atomic E-state index is 0.329. The molecule has 3 aliphatic heterocycles. The monoisotopic (exact) mass is 440 g/mol. The minimum Gasteiger partial charge on any atom is -0.495 e. The van der Waals surface area contributed by atoms with E-state index in [4.69, 9.17) is 4.74 Å². The van der Waals surface area contributed by atoms with Crippen LogP contribution < -0.4 is 9.64 Å². The zero-order valence-electron chi connectivity index (χ0n) is 20.1. The Kier molecular flexibility index (Phi) is 6.41. The van der Waals surface area contributed by atoms with Gasteiger partial charge >= 0.3 is 0 Å². The Morgan fingerprint density at radius 1 is 0.909 bits per heavy atom. The van der Waals surface area contributed by atoms with Crippen LogP contribution in [0.3, 0.4) is 0 Å². The van der Waals surface area contributed by atoms with Gasteiger partial charge in [-0.05, 0) is 48.1 Å². The van der Waals surface area contributed by atoms with Crippen LogP contribution in [0.1, 0.15) is 36.8 Å². The van der Waals surface area contributed by atoms with E-state index in [0.29, 0.717) is 23.9 Å². The third-order valence-electron chi connectivity index (χ3n) is 8.13. The average molecular weight is 441 g/mol. The summed E-state index contributed by atoms with van der Waals surface area (Å²) < 4.78 is 5.80. The van der Waals surface area contributed by atoms with Gasteiger partial charge in [0, 0.05) is 31.6 Å². The molecule has 0 aromatic heterocycles. The number of ether oxygens (including phenoxy) is 1. The van der Waals surface area contributed by atoms with Crippen molar-refractivity contribution in [2.75, 3.05) is 32.1 Å². The number of hydrogen-bond acceptors (Lipinski definition) is 3. The second-order valence-corrected chi connectivity index (χ2v) is 9.68. The van der Waals surface area contributed by atoms with Crippen molar-refractivity contribution >= 4 is 5.69 Å². The average Bonchev–Trinajstić information content (AvgIpc) is 2.90. The molecule has 0 aliphatic carbocycles. The molecule has 3 fully saturated rings. The van der Waals surface area contributed by atoms with E-state index in [1.54, 1.807) is 7.11 Å². The second-order valence-electron chi connectivity index (χ2n) is 9.68. The van der Waals surface area contributed by atoms with E-state index < -0.39 is 0 Å². The topological polar surface area (TPSA) is 15.7 Å². The first-order valence-electron chi connectivity index (χ1n) is 12.4. The van der Waals surface area contributed by atoms with Gasteiger partial charge in [-0.15, -0.1) is 0 Å². The largest absolute Gasteiger partial charge is 0.495 e. The van der Waals surface area contributed by atoms with E-state index in [1.807, 2.05) is 0 Å². The lowest BCUT2D eigenvalue weighted by molar-refractivity contribution is -0.0263. The maximum Gasteiger partial charge on any atom is 0.142 e. The first-order chi connectivity index (χ1) is 16.2. The van der Waals surface area contributed by atoms with Crippen LogP contribution in [0.2, 0.25) is 0 Å². The van der Waals surface area contributed by atoms with Crippen LogP contribution in [-0.2, 0) is 0 Å². The van der Waals surface area contributed by atoms with Crippen LogP contribution >= 0.6 is 0 Å². The fourth-order valence-electron chi connectivity index (χ4n) is 6.61. The van der Waals surface area contributed by atoms with Crippen molar-refractivity contribution in [3.05, 3.63) is 96.1 Å². The molecule has 0 saturated carbocycles. The van der Waals surface area contributed by atoms with E-state index in [0.717, 1.165) is 11.7 Å². The Labute approximate surface area is 199 Å². The van der Waals surface area contributed by atoms with Crippen molar-refractivity contribution in [1.82, 2.24) is 4.90 Å². The molecule has 3 aromatic rings. The van der Waals surface area contributed by atoms with E-state index >= 15 is 0 Å². The van der Waals surface area contributed by atoms with Gasteiger partial charge in [0.1, 0.15) is 5.75 Å². The highest BCUT2D eigenvalue weighted by atomic mass is 16.5. The standard InChI is InChI=1S/C30H36N2O/c1-4-22-21-32-20-19-25(22)29(31(2)26-17-11-12-18-27(26)33-3)30(32)28(23-13-7-5-8-14-23)24-15-9-6-10-16-24/h5-18,22,25,28-30H,4,19-21H2,1-3H3/t22?,25?,29?,30-/m1/s1. The molecule has 0 N–H and O–H groups in total. The Hall–Kier alpha value is -2.78. The maximum atomic E-state index is 5.80. The summed E-state index contributed by atoms with van der Waals surface area (Å²) in [6, 6.07) is 31.6. The lowest BCUT2D eigenvalue weighted by Crippen LogP contribution is -2.67. The number of fused-ring (bicyclic) bond motifs is 3. The molecule has 33 heavy (non-hydrogen) atoms. The van der Waals surface area contributed by atoms with Crippen LogP contribution in [-0.4, -0.2) is 44.2 Å². The van der Waals surface area contributed by atoms with Crippen LogP contribution in [0.4, 0.5) is 5.69 Å². The molecular formula is C30H36N2O. The Balaban J connectivity index is 1.64. The zero-order chi connectivity index (χ0) is 22.8. The smallest absolute Gasteiger partial charge is 0.142 e. The molecule has 3 saturated heterocycles. The third kappa shape index (κ3) is 4.04. The van der Waals surface area contributed by atoms with Gasteiger partial charge in [-0.3, -0.25) is 4.90 Å².